The van der Waals surface area contributed by atoms with Gasteiger partial charge in [0.15, 0.2) is 0 Å². The van der Waals surface area contributed by atoms with Crippen molar-refractivity contribution in [1.82, 2.24) is 15.2 Å². The molecule has 0 radical (unpaired) electrons. The number of carbonyl (C=O) groups excluding carboxylic acids is 1. The lowest BCUT2D eigenvalue weighted by molar-refractivity contribution is 0.192. The van der Waals surface area contributed by atoms with Gasteiger partial charge in [-0.1, -0.05) is 6.07 Å². The van der Waals surface area contributed by atoms with E-state index in [1.165, 1.54) is 5.56 Å². The fourth-order valence-corrected chi connectivity index (χ4v) is 3.77. The van der Waals surface area contributed by atoms with E-state index in [0.29, 0.717) is 6.54 Å². The Hall–Kier alpha value is -2.08. The van der Waals surface area contributed by atoms with Crippen LogP contribution in [-0.4, -0.2) is 36.6 Å². The van der Waals surface area contributed by atoms with Crippen LogP contribution >= 0.6 is 11.3 Å². The SMILES string of the molecule is CN(C)c1ncccc1CNC(=O)N1CCC[C@@H]1c1ccsc1. The maximum atomic E-state index is 12.6. The van der Waals surface area contributed by atoms with Gasteiger partial charge in [-0.05, 0) is 41.3 Å². The van der Waals surface area contributed by atoms with E-state index < -0.39 is 0 Å². The third-order valence-electron chi connectivity index (χ3n) is 4.16. The Balaban J connectivity index is 1.66. The molecule has 0 saturated carbocycles. The number of hydrogen-bond donors (Lipinski definition) is 1. The minimum Gasteiger partial charge on any atom is -0.362 e. The van der Waals surface area contributed by atoms with Gasteiger partial charge in [0.2, 0.25) is 0 Å². The first kappa shape index (κ1) is 15.8. The molecule has 1 N–H and O–H groups in total. The largest absolute Gasteiger partial charge is 0.362 e. The van der Waals surface area contributed by atoms with Gasteiger partial charge in [-0.2, -0.15) is 11.3 Å². The molecule has 1 fully saturated rings. The molecule has 1 aliphatic heterocycles. The number of thiophene rings is 1. The zero-order valence-electron chi connectivity index (χ0n) is 13.5. The highest BCUT2D eigenvalue weighted by molar-refractivity contribution is 7.07. The molecular weight excluding hydrogens is 308 g/mol. The summed E-state index contributed by atoms with van der Waals surface area (Å²) in [6.45, 7) is 1.31. The van der Waals surface area contributed by atoms with Crippen LogP contribution in [0.4, 0.5) is 10.6 Å². The number of amides is 2. The van der Waals surface area contributed by atoms with Crippen molar-refractivity contribution in [3.63, 3.8) is 0 Å². The first-order valence-corrected chi connectivity index (χ1v) is 8.79. The summed E-state index contributed by atoms with van der Waals surface area (Å²) in [5.41, 5.74) is 2.27. The van der Waals surface area contributed by atoms with E-state index in [2.05, 4.69) is 27.1 Å². The van der Waals surface area contributed by atoms with Crippen molar-refractivity contribution < 1.29 is 4.79 Å². The summed E-state index contributed by atoms with van der Waals surface area (Å²) in [6.07, 6.45) is 3.87. The second-order valence-electron chi connectivity index (χ2n) is 5.95. The quantitative estimate of drug-likeness (QED) is 0.936. The van der Waals surface area contributed by atoms with Crippen LogP contribution in [0.2, 0.25) is 0 Å². The van der Waals surface area contributed by atoms with Crippen LogP contribution in [-0.2, 0) is 6.54 Å². The maximum Gasteiger partial charge on any atom is 0.318 e. The molecule has 0 bridgehead atoms. The van der Waals surface area contributed by atoms with Crippen molar-refractivity contribution in [2.24, 2.45) is 0 Å². The molecular formula is C17H22N4OS. The smallest absolute Gasteiger partial charge is 0.318 e. The lowest BCUT2D eigenvalue weighted by Gasteiger charge is -2.25. The number of rotatable bonds is 4. The highest BCUT2D eigenvalue weighted by atomic mass is 32.1. The van der Waals surface area contributed by atoms with E-state index in [1.807, 2.05) is 36.0 Å². The normalized spacial score (nSPS) is 17.3. The van der Waals surface area contributed by atoms with Gasteiger partial charge >= 0.3 is 6.03 Å². The lowest BCUT2D eigenvalue weighted by Crippen LogP contribution is -2.39. The lowest BCUT2D eigenvalue weighted by atomic mass is 10.1. The third kappa shape index (κ3) is 3.47. The summed E-state index contributed by atoms with van der Waals surface area (Å²) in [7, 11) is 3.92. The van der Waals surface area contributed by atoms with E-state index in [1.54, 1.807) is 17.5 Å². The molecule has 2 amide bonds. The molecule has 1 aliphatic rings. The topological polar surface area (TPSA) is 48.5 Å². The van der Waals surface area contributed by atoms with Gasteiger partial charge in [0.05, 0.1) is 6.04 Å². The van der Waals surface area contributed by atoms with Gasteiger partial charge < -0.3 is 15.1 Å². The fourth-order valence-electron chi connectivity index (χ4n) is 3.06. The summed E-state index contributed by atoms with van der Waals surface area (Å²) in [5, 5.41) is 7.26. The Morgan fingerprint density at radius 2 is 2.35 bits per heavy atom. The molecule has 0 spiro atoms. The summed E-state index contributed by atoms with van der Waals surface area (Å²) in [4.78, 5) is 20.9. The average Bonchev–Trinajstić information content (AvgIpc) is 3.23. The molecule has 0 aliphatic carbocycles. The number of likely N-dealkylation sites (tertiary alicyclic amines) is 1. The molecule has 1 saturated heterocycles. The molecule has 2 aromatic rings. The van der Waals surface area contributed by atoms with Gasteiger partial charge in [-0.15, -0.1) is 0 Å². The summed E-state index contributed by atoms with van der Waals surface area (Å²) >= 11 is 1.68. The Morgan fingerprint density at radius 1 is 1.48 bits per heavy atom. The first-order valence-electron chi connectivity index (χ1n) is 7.84. The molecule has 23 heavy (non-hydrogen) atoms. The predicted molar refractivity (Wildman–Crippen MR) is 93.8 cm³/mol. The van der Waals surface area contributed by atoms with Crippen LogP contribution in [0.15, 0.2) is 35.2 Å². The Morgan fingerprint density at radius 3 is 3.09 bits per heavy atom. The molecule has 122 valence electrons. The van der Waals surface area contributed by atoms with Gasteiger partial charge in [0.1, 0.15) is 5.82 Å². The van der Waals surface area contributed by atoms with Crippen molar-refractivity contribution in [2.45, 2.75) is 25.4 Å². The van der Waals surface area contributed by atoms with E-state index in [4.69, 9.17) is 0 Å². The van der Waals surface area contributed by atoms with Crippen molar-refractivity contribution in [3.8, 4) is 0 Å². The number of urea groups is 1. The number of anilines is 1. The van der Waals surface area contributed by atoms with Crippen LogP contribution in [0.3, 0.4) is 0 Å². The number of nitrogens with zero attached hydrogens (tertiary/aromatic N) is 3. The highest BCUT2D eigenvalue weighted by Crippen LogP contribution is 2.33. The van der Waals surface area contributed by atoms with Crippen LogP contribution in [0.1, 0.15) is 30.0 Å². The summed E-state index contributed by atoms with van der Waals surface area (Å²) < 4.78 is 0. The van der Waals surface area contributed by atoms with Crippen molar-refractivity contribution >= 4 is 23.2 Å². The van der Waals surface area contributed by atoms with Crippen molar-refractivity contribution in [2.75, 3.05) is 25.5 Å². The molecule has 0 unspecified atom stereocenters. The second-order valence-corrected chi connectivity index (χ2v) is 6.73. The van der Waals surface area contributed by atoms with Gasteiger partial charge in [-0.25, -0.2) is 9.78 Å². The van der Waals surface area contributed by atoms with Crippen molar-refractivity contribution in [1.29, 1.82) is 0 Å². The van der Waals surface area contributed by atoms with Crippen molar-refractivity contribution in [3.05, 3.63) is 46.3 Å². The molecule has 6 heteroatoms. The van der Waals surface area contributed by atoms with Crippen LogP contribution in [0, 0.1) is 0 Å². The van der Waals surface area contributed by atoms with E-state index in [-0.39, 0.29) is 12.1 Å². The second kappa shape index (κ2) is 7.00. The number of nitrogens with one attached hydrogen (secondary N) is 1. The maximum absolute atomic E-state index is 12.6. The zero-order valence-corrected chi connectivity index (χ0v) is 14.3. The van der Waals surface area contributed by atoms with E-state index in [9.17, 15) is 4.79 Å². The predicted octanol–water partition coefficient (Wildman–Crippen LogP) is 3.26. The van der Waals surface area contributed by atoms with E-state index >= 15 is 0 Å². The standard InChI is InChI=1S/C17H22N4OS/c1-20(2)16-13(5-3-8-18-16)11-19-17(22)21-9-4-6-15(21)14-7-10-23-12-14/h3,5,7-8,10,12,15H,4,6,9,11H2,1-2H3,(H,19,22)/t15-/m1/s1. The molecule has 1 atom stereocenters. The van der Waals surface area contributed by atoms with Gasteiger partial charge in [0, 0.05) is 38.9 Å². The molecule has 2 aromatic heterocycles. The summed E-state index contributed by atoms with van der Waals surface area (Å²) in [6, 6.07) is 6.24. The zero-order chi connectivity index (χ0) is 16.2. The number of hydrogen-bond acceptors (Lipinski definition) is 4. The van der Waals surface area contributed by atoms with Gasteiger partial charge in [0.25, 0.3) is 0 Å². The minimum atomic E-state index is 0.00672. The average molecular weight is 330 g/mol. The highest BCUT2D eigenvalue weighted by Gasteiger charge is 2.30. The Bertz CT molecular complexity index is 656. The Kier molecular flexibility index (Phi) is 4.81. The molecule has 3 rings (SSSR count). The molecule has 3 heterocycles. The fraction of sp³-hybridized carbons (Fsp3) is 0.412. The monoisotopic (exact) mass is 330 g/mol. The van der Waals surface area contributed by atoms with Gasteiger partial charge in [-0.3, -0.25) is 0 Å². The minimum absolute atomic E-state index is 0.00672. The van der Waals surface area contributed by atoms with E-state index in [0.717, 1.165) is 30.8 Å². The van der Waals surface area contributed by atoms with Crippen LogP contribution < -0.4 is 10.2 Å². The number of pyridine rings is 1. The summed E-state index contributed by atoms with van der Waals surface area (Å²) in [5.74, 6) is 0.892. The molecule has 0 aromatic carbocycles. The van der Waals surface area contributed by atoms with Crippen LogP contribution in [0.5, 0.6) is 0 Å². The number of aromatic nitrogens is 1. The van der Waals surface area contributed by atoms with Crippen LogP contribution in [0.25, 0.3) is 0 Å². The number of carbonyl (C=O) groups is 1. The third-order valence-corrected chi connectivity index (χ3v) is 4.86. The first-order chi connectivity index (χ1) is 11.2. The molecule has 5 nitrogen and oxygen atoms in total. The Labute approximate surface area is 140 Å².